The summed E-state index contributed by atoms with van der Waals surface area (Å²) in [5.74, 6) is 0.694. The first kappa shape index (κ1) is 26.3. The van der Waals surface area contributed by atoms with Gasteiger partial charge in [0.05, 0.1) is 16.8 Å². The highest BCUT2D eigenvalue weighted by Gasteiger charge is 2.21. The molecule has 6 rings (SSSR count). The summed E-state index contributed by atoms with van der Waals surface area (Å²) in [4.78, 5) is 6.36. The molecule has 0 radical (unpaired) electrons. The van der Waals surface area contributed by atoms with Gasteiger partial charge >= 0.3 is 0 Å². The molecule has 8 heteroatoms. The van der Waals surface area contributed by atoms with E-state index in [2.05, 4.69) is 77.6 Å². The number of nitrogens with zero attached hydrogens (tertiary/aromatic N) is 2. The third kappa shape index (κ3) is 5.73. The first-order valence-corrected chi connectivity index (χ1v) is 15.0. The lowest BCUT2D eigenvalue weighted by atomic mass is 9.86. The molecule has 0 unspecified atom stereocenters. The van der Waals surface area contributed by atoms with Gasteiger partial charge in [-0.3, -0.25) is 0 Å². The normalized spacial score (nSPS) is 15.3. The number of hydrogen-bond acceptors (Lipinski definition) is 6. The highest BCUT2D eigenvalue weighted by molar-refractivity contribution is 7.91. The molecule has 6 nitrogen and oxygen atoms in total. The van der Waals surface area contributed by atoms with Gasteiger partial charge in [-0.25, -0.2) is 18.5 Å². The summed E-state index contributed by atoms with van der Waals surface area (Å²) in [5, 5.41) is 5.01. The molecule has 0 saturated carbocycles. The molecule has 0 atom stereocenters. The quantitative estimate of drug-likeness (QED) is 0.299. The third-order valence-electron chi connectivity index (χ3n) is 6.74. The number of nitrogens with two attached hydrogens (primary N) is 1. The number of likely N-dealkylation sites (tertiary alicyclic amines) is 1. The Morgan fingerprint density at radius 1 is 0.947 bits per heavy atom. The van der Waals surface area contributed by atoms with Crippen LogP contribution in [0, 0.1) is 0 Å². The second-order valence-electron chi connectivity index (χ2n) is 9.38. The van der Waals surface area contributed by atoms with E-state index < -0.39 is 10.0 Å². The van der Waals surface area contributed by atoms with Crippen molar-refractivity contribution in [1.82, 2.24) is 9.88 Å². The lowest BCUT2D eigenvalue weighted by Gasteiger charge is -2.27. The lowest BCUT2D eigenvalue weighted by Crippen LogP contribution is -2.27. The van der Waals surface area contributed by atoms with E-state index in [1.54, 1.807) is 23.8 Å². The van der Waals surface area contributed by atoms with Crippen LogP contribution in [0.15, 0.2) is 76.6 Å². The van der Waals surface area contributed by atoms with Crippen LogP contribution in [0.3, 0.4) is 0 Å². The van der Waals surface area contributed by atoms with Crippen LogP contribution in [0.2, 0.25) is 0 Å². The van der Waals surface area contributed by atoms with Gasteiger partial charge in [0.2, 0.25) is 4.34 Å². The van der Waals surface area contributed by atoms with E-state index in [-0.39, 0.29) is 4.34 Å². The molecule has 196 valence electrons. The molecule has 1 saturated heterocycles. The Balaban J connectivity index is 0.000000163. The molecule has 2 heterocycles. The summed E-state index contributed by atoms with van der Waals surface area (Å²) in [6, 6.07) is 22.8. The molecule has 2 aliphatic rings. The monoisotopic (exact) mass is 545 g/mol. The molecule has 0 amide bonds. The molecule has 0 bridgehead atoms. The lowest BCUT2D eigenvalue weighted by molar-refractivity contribution is 0.313. The fraction of sp³-hybridized carbons (Fsp3) is 0.233. The van der Waals surface area contributed by atoms with E-state index in [1.807, 2.05) is 6.92 Å². The molecule has 0 spiro atoms. The number of fused-ring (bicyclic) bond motifs is 3. The Kier molecular flexibility index (Phi) is 7.76. The smallest absolute Gasteiger partial charge is 0.265 e. The van der Waals surface area contributed by atoms with Gasteiger partial charge in [-0.05, 0) is 72.8 Å². The topological polar surface area (TPSA) is 85.5 Å². The van der Waals surface area contributed by atoms with Crippen LogP contribution >= 0.6 is 11.3 Å². The number of primary sulfonamides is 1. The number of rotatable bonds is 3. The molecular weight excluding hydrogens is 514 g/mol. The van der Waals surface area contributed by atoms with Gasteiger partial charge in [0.1, 0.15) is 5.75 Å². The number of thiazole rings is 1. The molecule has 38 heavy (non-hydrogen) atoms. The van der Waals surface area contributed by atoms with Crippen LogP contribution in [0.4, 0.5) is 0 Å². The van der Waals surface area contributed by atoms with E-state index in [0.29, 0.717) is 17.9 Å². The van der Waals surface area contributed by atoms with Crippen molar-refractivity contribution in [2.75, 3.05) is 26.7 Å². The summed E-state index contributed by atoms with van der Waals surface area (Å²) in [6.07, 6.45) is 6.87. The third-order valence-corrected chi connectivity index (χ3v) is 9.08. The summed E-state index contributed by atoms with van der Waals surface area (Å²) in [5.41, 5.74) is 9.15. The Bertz CT molecular complexity index is 1580. The van der Waals surface area contributed by atoms with Crippen molar-refractivity contribution in [1.29, 1.82) is 0 Å². The van der Waals surface area contributed by atoms with Crippen LogP contribution in [0.25, 0.3) is 27.9 Å². The number of ether oxygens (including phenoxy) is 1. The molecule has 1 aliphatic heterocycles. The number of benzene rings is 3. The van der Waals surface area contributed by atoms with Crippen LogP contribution in [0.1, 0.15) is 42.0 Å². The molecule has 4 aromatic rings. The van der Waals surface area contributed by atoms with Gasteiger partial charge in [0.15, 0.2) is 0 Å². The van der Waals surface area contributed by atoms with Gasteiger partial charge in [-0.2, -0.15) is 0 Å². The van der Waals surface area contributed by atoms with Crippen molar-refractivity contribution >= 4 is 49.3 Å². The Hall–Kier alpha value is -3.30. The maximum Gasteiger partial charge on any atom is 0.265 e. The molecule has 1 aliphatic carbocycles. The highest BCUT2D eigenvalue weighted by atomic mass is 32.2. The first-order valence-electron chi connectivity index (χ1n) is 12.7. The second kappa shape index (κ2) is 11.2. The molecular formula is C30H31N3O3S2. The Morgan fingerprint density at radius 2 is 1.55 bits per heavy atom. The van der Waals surface area contributed by atoms with Crippen molar-refractivity contribution in [2.45, 2.75) is 24.1 Å². The maximum atomic E-state index is 11.1. The zero-order chi connectivity index (χ0) is 26.7. The summed E-state index contributed by atoms with van der Waals surface area (Å²) in [6.45, 7) is 4.77. The summed E-state index contributed by atoms with van der Waals surface area (Å²) in [7, 11) is -1.50. The maximum absolute atomic E-state index is 11.1. The van der Waals surface area contributed by atoms with Crippen LogP contribution in [0.5, 0.6) is 5.75 Å². The molecule has 1 fully saturated rings. The fourth-order valence-electron chi connectivity index (χ4n) is 4.85. The summed E-state index contributed by atoms with van der Waals surface area (Å²) >= 11 is 1.04. The van der Waals surface area contributed by atoms with Gasteiger partial charge in [-0.1, -0.05) is 66.3 Å². The fourth-order valence-corrected chi connectivity index (χ4v) is 6.53. The molecule has 3 aromatic carbocycles. The van der Waals surface area contributed by atoms with Crippen LogP contribution < -0.4 is 9.88 Å². The predicted molar refractivity (Wildman–Crippen MR) is 157 cm³/mol. The Labute approximate surface area is 228 Å². The number of aromatic nitrogens is 1. The standard InChI is InChI=1S/C21H21N.C9H10N2O3S2/c1-22-14-12-18(13-15-22)21-19-8-4-2-6-16(19)10-11-17-7-3-5-9-20(17)21;1-2-14-6-3-4-7-8(5-6)15-9(11-7)16(10,12)13/h2-11H,12-15H2,1H3;3-5H,2H2,1H3,(H2,10,12,13). The van der Waals surface area contributed by atoms with E-state index in [0.717, 1.165) is 29.1 Å². The van der Waals surface area contributed by atoms with Gasteiger partial charge in [-0.15, -0.1) is 11.3 Å². The number of piperidine rings is 1. The minimum atomic E-state index is -3.72. The zero-order valence-electron chi connectivity index (χ0n) is 21.6. The minimum Gasteiger partial charge on any atom is -0.494 e. The van der Waals surface area contributed by atoms with Crippen molar-refractivity contribution in [3.05, 3.63) is 94.6 Å². The van der Waals surface area contributed by atoms with E-state index in [9.17, 15) is 8.42 Å². The van der Waals surface area contributed by atoms with Gasteiger partial charge in [0, 0.05) is 13.1 Å². The zero-order valence-corrected chi connectivity index (χ0v) is 23.2. The Morgan fingerprint density at radius 3 is 2.13 bits per heavy atom. The van der Waals surface area contributed by atoms with E-state index in [1.165, 1.54) is 40.7 Å². The second-order valence-corrected chi connectivity index (χ2v) is 12.1. The largest absolute Gasteiger partial charge is 0.494 e. The average Bonchev–Trinajstić information content (AvgIpc) is 3.27. The van der Waals surface area contributed by atoms with Gasteiger partial charge in [0.25, 0.3) is 10.0 Å². The van der Waals surface area contributed by atoms with Crippen LogP contribution in [-0.2, 0) is 10.0 Å². The van der Waals surface area contributed by atoms with Crippen molar-refractivity contribution in [3.63, 3.8) is 0 Å². The van der Waals surface area contributed by atoms with Crippen molar-refractivity contribution < 1.29 is 13.2 Å². The minimum absolute atomic E-state index is 0.0730. The molecule has 2 N–H and O–H groups in total. The number of hydrogen-bond donors (Lipinski definition) is 1. The average molecular weight is 546 g/mol. The van der Waals surface area contributed by atoms with Crippen LogP contribution in [-0.4, -0.2) is 45.0 Å². The summed E-state index contributed by atoms with van der Waals surface area (Å²) < 4.78 is 28.2. The molecule has 1 aromatic heterocycles. The van der Waals surface area contributed by atoms with E-state index >= 15 is 0 Å². The SMILES string of the molecule is CCOc1ccc2nc(S(N)(=O)=O)sc2c1.CN1CCC(=C2c3ccccc3C=Cc3ccccc32)CC1. The predicted octanol–water partition coefficient (Wildman–Crippen LogP) is 6.04. The van der Waals surface area contributed by atoms with E-state index in [4.69, 9.17) is 9.88 Å². The van der Waals surface area contributed by atoms with Gasteiger partial charge < -0.3 is 9.64 Å². The highest BCUT2D eigenvalue weighted by Crippen LogP contribution is 2.38. The van der Waals surface area contributed by atoms with Crippen molar-refractivity contribution in [2.24, 2.45) is 5.14 Å². The van der Waals surface area contributed by atoms with Crippen molar-refractivity contribution in [3.8, 4) is 5.75 Å². The first-order chi connectivity index (χ1) is 18.3. The number of sulfonamides is 1.